The number of carbonyl (C=O) groups excluding carboxylic acids is 1. The fraction of sp³-hybridized carbons (Fsp3) is 0.261. The summed E-state index contributed by atoms with van der Waals surface area (Å²) < 4.78 is 13.0. The molecule has 0 bridgehead atoms. The Morgan fingerprint density at radius 3 is 2.80 bits per heavy atom. The number of rotatable bonds is 7. The van der Waals surface area contributed by atoms with Gasteiger partial charge in [0.25, 0.3) is 0 Å². The Kier molecular flexibility index (Phi) is 5.55. The van der Waals surface area contributed by atoms with Crippen LogP contribution in [-0.4, -0.2) is 21.9 Å². The fourth-order valence-corrected chi connectivity index (χ4v) is 4.42. The van der Waals surface area contributed by atoms with E-state index in [2.05, 4.69) is 11.9 Å². The van der Waals surface area contributed by atoms with Crippen LogP contribution in [0.3, 0.4) is 0 Å². The number of aromatic nitrogens is 2. The Morgan fingerprint density at radius 1 is 1.23 bits per heavy atom. The van der Waals surface area contributed by atoms with Crippen LogP contribution in [0.1, 0.15) is 40.7 Å². The Labute approximate surface area is 177 Å². The molecule has 0 fully saturated rings. The summed E-state index contributed by atoms with van der Waals surface area (Å²) in [5.41, 5.74) is 3.44. The number of ether oxygens (including phenoxy) is 1. The highest BCUT2D eigenvalue weighted by Gasteiger charge is 2.18. The maximum absolute atomic E-state index is 12.8. The monoisotopic (exact) mass is 422 g/mol. The van der Waals surface area contributed by atoms with E-state index in [1.165, 1.54) is 17.4 Å². The quantitative estimate of drug-likeness (QED) is 0.314. The summed E-state index contributed by atoms with van der Waals surface area (Å²) in [4.78, 5) is 29.0. The second kappa shape index (κ2) is 8.28. The summed E-state index contributed by atoms with van der Waals surface area (Å²) in [5, 5.41) is 3.63. The van der Waals surface area contributed by atoms with Crippen LogP contribution < -0.4 is 10.4 Å². The van der Waals surface area contributed by atoms with Crippen LogP contribution in [0.4, 0.5) is 0 Å². The van der Waals surface area contributed by atoms with E-state index in [9.17, 15) is 9.59 Å². The van der Waals surface area contributed by atoms with Crippen LogP contribution in [0.2, 0.25) is 0 Å². The molecule has 0 saturated heterocycles. The average Bonchev–Trinajstić information content (AvgIpc) is 3.33. The molecular weight excluding hydrogens is 400 g/mol. The number of thiazole rings is 1. The molecule has 0 atom stereocenters. The minimum absolute atomic E-state index is 0.105. The van der Waals surface area contributed by atoms with E-state index >= 15 is 0 Å². The SMILES string of the molecule is CCCc1cc(=O)oc2cc(OCC(=O)c3cc(C)n(-c4nccs4)c3C)ccc12. The van der Waals surface area contributed by atoms with Crippen molar-refractivity contribution in [3.8, 4) is 10.9 Å². The van der Waals surface area contributed by atoms with Crippen LogP contribution in [0.25, 0.3) is 16.1 Å². The highest BCUT2D eigenvalue weighted by molar-refractivity contribution is 7.12. The first-order valence-corrected chi connectivity index (χ1v) is 10.7. The number of hydrogen-bond acceptors (Lipinski definition) is 6. The smallest absolute Gasteiger partial charge is 0.336 e. The second-order valence-electron chi connectivity index (χ2n) is 7.15. The number of carbonyl (C=O) groups is 1. The van der Waals surface area contributed by atoms with Gasteiger partial charge in [-0.15, -0.1) is 11.3 Å². The maximum Gasteiger partial charge on any atom is 0.336 e. The van der Waals surface area contributed by atoms with Crippen molar-refractivity contribution < 1.29 is 13.9 Å². The summed E-state index contributed by atoms with van der Waals surface area (Å²) >= 11 is 1.52. The molecule has 4 aromatic rings. The van der Waals surface area contributed by atoms with Crippen molar-refractivity contribution in [2.75, 3.05) is 6.61 Å². The molecule has 0 unspecified atom stereocenters. The highest BCUT2D eigenvalue weighted by atomic mass is 32.1. The van der Waals surface area contributed by atoms with Crippen molar-refractivity contribution >= 4 is 28.1 Å². The van der Waals surface area contributed by atoms with Gasteiger partial charge in [0.15, 0.2) is 11.7 Å². The zero-order valence-corrected chi connectivity index (χ0v) is 17.9. The Hall–Kier alpha value is -3.19. The van der Waals surface area contributed by atoms with E-state index in [-0.39, 0.29) is 18.0 Å². The summed E-state index contributed by atoms with van der Waals surface area (Å²) in [7, 11) is 0. The van der Waals surface area contributed by atoms with E-state index in [0.717, 1.165) is 40.3 Å². The van der Waals surface area contributed by atoms with E-state index in [1.54, 1.807) is 18.3 Å². The Bertz CT molecular complexity index is 1270. The molecule has 0 spiro atoms. The fourth-order valence-electron chi connectivity index (χ4n) is 3.67. The molecule has 7 heteroatoms. The van der Waals surface area contributed by atoms with Crippen molar-refractivity contribution in [3.05, 3.63) is 74.8 Å². The van der Waals surface area contributed by atoms with Crippen molar-refractivity contribution in [2.24, 2.45) is 0 Å². The Balaban J connectivity index is 1.55. The average molecular weight is 423 g/mol. The lowest BCUT2D eigenvalue weighted by atomic mass is 10.1. The summed E-state index contributed by atoms with van der Waals surface area (Å²) in [6, 6.07) is 8.74. The summed E-state index contributed by atoms with van der Waals surface area (Å²) in [6.45, 7) is 5.81. The predicted molar refractivity (Wildman–Crippen MR) is 117 cm³/mol. The van der Waals surface area contributed by atoms with Gasteiger partial charge in [-0.25, -0.2) is 9.78 Å². The van der Waals surface area contributed by atoms with Gasteiger partial charge in [-0.1, -0.05) is 13.3 Å². The van der Waals surface area contributed by atoms with Crippen LogP contribution in [-0.2, 0) is 6.42 Å². The lowest BCUT2D eigenvalue weighted by molar-refractivity contribution is 0.0921. The lowest BCUT2D eigenvalue weighted by Gasteiger charge is -2.09. The van der Waals surface area contributed by atoms with Crippen molar-refractivity contribution in [2.45, 2.75) is 33.6 Å². The first kappa shape index (κ1) is 20.1. The minimum atomic E-state index is -0.381. The normalized spacial score (nSPS) is 11.2. The van der Waals surface area contributed by atoms with Gasteiger partial charge in [0.2, 0.25) is 5.78 Å². The van der Waals surface area contributed by atoms with Crippen LogP contribution in [0.15, 0.2) is 51.1 Å². The molecular formula is C23H22N2O4S. The zero-order valence-electron chi connectivity index (χ0n) is 17.1. The first-order valence-electron chi connectivity index (χ1n) is 9.79. The molecule has 0 radical (unpaired) electrons. The van der Waals surface area contributed by atoms with Crippen molar-refractivity contribution in [3.63, 3.8) is 0 Å². The molecule has 4 rings (SSSR count). The molecule has 0 aliphatic heterocycles. The topological polar surface area (TPSA) is 74.3 Å². The molecule has 6 nitrogen and oxygen atoms in total. The Morgan fingerprint density at radius 2 is 2.07 bits per heavy atom. The van der Waals surface area contributed by atoms with Crippen molar-refractivity contribution in [1.82, 2.24) is 9.55 Å². The molecule has 30 heavy (non-hydrogen) atoms. The van der Waals surface area contributed by atoms with Crippen LogP contribution in [0, 0.1) is 13.8 Å². The van der Waals surface area contributed by atoms with Crippen LogP contribution in [0.5, 0.6) is 5.75 Å². The molecule has 0 aliphatic rings. The molecule has 154 valence electrons. The van der Waals surface area contributed by atoms with Crippen molar-refractivity contribution in [1.29, 1.82) is 0 Å². The third kappa shape index (κ3) is 3.80. The number of ketones is 1. The van der Waals surface area contributed by atoms with Gasteiger partial charge in [-0.3, -0.25) is 9.36 Å². The summed E-state index contributed by atoms with van der Waals surface area (Å²) in [5.74, 6) is 0.369. The van der Waals surface area contributed by atoms with Gasteiger partial charge in [0.05, 0.1) is 0 Å². The number of benzene rings is 1. The van der Waals surface area contributed by atoms with Gasteiger partial charge < -0.3 is 9.15 Å². The molecule has 0 aliphatic carbocycles. The number of Topliss-reactive ketones (excluding diaryl/α,β-unsaturated/α-hetero) is 1. The van der Waals surface area contributed by atoms with E-state index in [4.69, 9.17) is 9.15 Å². The van der Waals surface area contributed by atoms with Gasteiger partial charge in [0, 0.05) is 46.0 Å². The molecule has 0 N–H and O–H groups in total. The van der Waals surface area contributed by atoms with Gasteiger partial charge in [-0.05, 0) is 44.0 Å². The van der Waals surface area contributed by atoms with Gasteiger partial charge in [-0.2, -0.15) is 0 Å². The first-order chi connectivity index (χ1) is 14.5. The predicted octanol–water partition coefficient (Wildman–Crippen LogP) is 4.87. The van der Waals surface area contributed by atoms with E-state index < -0.39 is 0 Å². The number of nitrogens with zero attached hydrogens (tertiary/aromatic N) is 2. The van der Waals surface area contributed by atoms with Gasteiger partial charge in [0.1, 0.15) is 11.3 Å². The second-order valence-corrected chi connectivity index (χ2v) is 8.02. The van der Waals surface area contributed by atoms with E-state index in [1.807, 2.05) is 35.9 Å². The maximum atomic E-state index is 12.8. The largest absolute Gasteiger partial charge is 0.485 e. The van der Waals surface area contributed by atoms with E-state index in [0.29, 0.717) is 16.9 Å². The minimum Gasteiger partial charge on any atom is -0.485 e. The third-order valence-electron chi connectivity index (χ3n) is 5.03. The number of hydrogen-bond donors (Lipinski definition) is 0. The number of aryl methyl sites for hydroxylation is 2. The summed E-state index contributed by atoms with van der Waals surface area (Å²) in [6.07, 6.45) is 3.48. The molecule has 3 heterocycles. The molecule has 0 amide bonds. The molecule has 0 saturated carbocycles. The highest BCUT2D eigenvalue weighted by Crippen LogP contribution is 2.25. The molecule has 1 aromatic carbocycles. The standard InChI is InChI=1S/C23H22N2O4S/c1-4-5-16-11-22(27)29-21-12-17(6-7-18(16)21)28-13-20(26)19-10-14(2)25(15(19)3)23-24-8-9-30-23/h6-12H,4-5,13H2,1-3H3. The molecule has 3 aromatic heterocycles. The lowest BCUT2D eigenvalue weighted by Crippen LogP contribution is -2.13. The third-order valence-corrected chi connectivity index (χ3v) is 5.79. The van der Waals surface area contributed by atoms with Crippen LogP contribution >= 0.6 is 11.3 Å². The number of fused-ring (bicyclic) bond motifs is 1. The van der Waals surface area contributed by atoms with Gasteiger partial charge >= 0.3 is 5.63 Å². The zero-order chi connectivity index (χ0) is 21.3.